The van der Waals surface area contributed by atoms with Crippen LogP contribution in [-0.2, 0) is 17.9 Å². The lowest BCUT2D eigenvalue weighted by molar-refractivity contribution is -0.136. The largest absolute Gasteiger partial charge is 0.344 e. The molecular formula is C23H30N4O2S. The Kier molecular flexibility index (Phi) is 7.26. The molecule has 0 saturated carbocycles. The molecule has 2 aromatic heterocycles. The highest BCUT2D eigenvalue weighted by atomic mass is 32.1. The smallest absolute Gasteiger partial charge is 0.261 e. The number of para-hydroxylation sites is 2. The predicted molar refractivity (Wildman–Crippen MR) is 122 cm³/mol. The molecule has 2 heterocycles. The number of hydrogen-bond acceptors (Lipinski definition) is 4. The summed E-state index contributed by atoms with van der Waals surface area (Å²) in [5.74, 6) is 0.631. The van der Waals surface area contributed by atoms with Crippen LogP contribution in [0.5, 0.6) is 0 Å². The maximum Gasteiger partial charge on any atom is 0.261 e. The number of amides is 2. The highest BCUT2D eigenvalue weighted by molar-refractivity contribution is 7.12. The van der Waals surface area contributed by atoms with Crippen LogP contribution < -0.4 is 5.32 Å². The van der Waals surface area contributed by atoms with Crippen LogP contribution >= 0.6 is 11.3 Å². The van der Waals surface area contributed by atoms with E-state index in [0.717, 1.165) is 23.9 Å². The van der Waals surface area contributed by atoms with E-state index in [2.05, 4.69) is 38.0 Å². The summed E-state index contributed by atoms with van der Waals surface area (Å²) in [6, 6.07) is 11.8. The van der Waals surface area contributed by atoms with Crippen molar-refractivity contribution in [2.75, 3.05) is 0 Å². The van der Waals surface area contributed by atoms with E-state index in [1.54, 1.807) is 6.07 Å². The number of carbonyl (C=O) groups excluding carboxylic acids is 2. The molecule has 2 unspecified atom stereocenters. The second-order valence-electron chi connectivity index (χ2n) is 7.58. The van der Waals surface area contributed by atoms with E-state index in [-0.39, 0.29) is 37.0 Å². The molecule has 0 bridgehead atoms. The third-order valence-electron chi connectivity index (χ3n) is 5.60. The summed E-state index contributed by atoms with van der Waals surface area (Å²) in [6.45, 7) is 8.87. The van der Waals surface area contributed by atoms with Crippen molar-refractivity contribution >= 4 is 34.2 Å². The topological polar surface area (TPSA) is 67.2 Å². The van der Waals surface area contributed by atoms with Gasteiger partial charge in [-0.1, -0.05) is 32.0 Å². The summed E-state index contributed by atoms with van der Waals surface area (Å²) in [7, 11) is 0. The molecule has 3 aromatic rings. The Hall–Kier alpha value is -2.67. The quantitative estimate of drug-likeness (QED) is 0.550. The summed E-state index contributed by atoms with van der Waals surface area (Å²) in [4.78, 5) is 33.0. The maximum absolute atomic E-state index is 13.3. The number of nitrogens with zero attached hydrogens (tertiary/aromatic N) is 3. The fraction of sp³-hybridized carbons (Fsp3) is 0.435. The first-order chi connectivity index (χ1) is 14.5. The number of carbonyl (C=O) groups is 2. The fourth-order valence-electron chi connectivity index (χ4n) is 3.63. The summed E-state index contributed by atoms with van der Waals surface area (Å²) >= 11 is 1.40. The van der Waals surface area contributed by atoms with Crippen molar-refractivity contribution < 1.29 is 9.59 Å². The number of fused-ring (bicyclic) bond motifs is 1. The summed E-state index contributed by atoms with van der Waals surface area (Å²) in [5, 5.41) is 4.81. The Morgan fingerprint density at radius 2 is 1.80 bits per heavy atom. The molecule has 7 heteroatoms. The van der Waals surface area contributed by atoms with Gasteiger partial charge in [0, 0.05) is 12.1 Å². The van der Waals surface area contributed by atoms with Gasteiger partial charge < -0.3 is 14.8 Å². The number of hydrogen-bond donors (Lipinski definition) is 1. The zero-order chi connectivity index (χ0) is 21.7. The third-order valence-corrected chi connectivity index (χ3v) is 6.47. The van der Waals surface area contributed by atoms with Crippen molar-refractivity contribution in [2.24, 2.45) is 0 Å². The van der Waals surface area contributed by atoms with Crippen molar-refractivity contribution in [3.63, 3.8) is 0 Å². The Morgan fingerprint density at radius 3 is 2.43 bits per heavy atom. The Bertz CT molecular complexity index is 986. The van der Waals surface area contributed by atoms with Crippen LogP contribution in [0.1, 0.15) is 56.0 Å². The van der Waals surface area contributed by atoms with E-state index in [4.69, 9.17) is 0 Å². The summed E-state index contributed by atoms with van der Waals surface area (Å²) < 4.78 is 1.93. The number of nitrogens with one attached hydrogen (secondary N) is 1. The molecule has 0 fully saturated rings. The van der Waals surface area contributed by atoms with Crippen molar-refractivity contribution in [1.82, 2.24) is 19.8 Å². The summed E-state index contributed by atoms with van der Waals surface area (Å²) in [6.07, 6.45) is 1.81. The van der Waals surface area contributed by atoms with Gasteiger partial charge in [-0.2, -0.15) is 0 Å². The SMILES string of the molecule is CCC(C)N(C(=O)Cn1c(CNC(=O)c2cccs2)nc2ccccc21)C(C)CC. The number of rotatable bonds is 9. The van der Waals surface area contributed by atoms with Crippen LogP contribution in [0.4, 0.5) is 0 Å². The van der Waals surface area contributed by atoms with Gasteiger partial charge in [0.15, 0.2) is 0 Å². The Morgan fingerprint density at radius 1 is 1.10 bits per heavy atom. The minimum Gasteiger partial charge on any atom is -0.344 e. The van der Waals surface area contributed by atoms with Gasteiger partial charge in [-0.15, -0.1) is 11.3 Å². The van der Waals surface area contributed by atoms with Crippen LogP contribution in [0.25, 0.3) is 11.0 Å². The molecule has 0 radical (unpaired) electrons. The minimum absolute atomic E-state index is 0.0766. The van der Waals surface area contributed by atoms with Gasteiger partial charge >= 0.3 is 0 Å². The number of thiophene rings is 1. The van der Waals surface area contributed by atoms with Gasteiger partial charge in [0.2, 0.25) is 5.91 Å². The molecule has 30 heavy (non-hydrogen) atoms. The number of aromatic nitrogens is 2. The fourth-order valence-corrected chi connectivity index (χ4v) is 4.27. The van der Waals surface area contributed by atoms with Crippen LogP contribution in [0.3, 0.4) is 0 Å². The van der Waals surface area contributed by atoms with Gasteiger partial charge in [-0.05, 0) is 50.3 Å². The van der Waals surface area contributed by atoms with Crippen molar-refractivity contribution in [2.45, 2.75) is 65.7 Å². The van der Waals surface area contributed by atoms with E-state index in [0.29, 0.717) is 10.7 Å². The molecule has 0 spiro atoms. The highest BCUT2D eigenvalue weighted by Crippen LogP contribution is 2.19. The summed E-state index contributed by atoms with van der Waals surface area (Å²) in [5.41, 5.74) is 1.73. The van der Waals surface area contributed by atoms with Crippen LogP contribution in [0.15, 0.2) is 41.8 Å². The number of imidazole rings is 1. The Balaban J connectivity index is 1.87. The second-order valence-corrected chi connectivity index (χ2v) is 8.53. The second kappa shape index (κ2) is 9.89. The van der Waals surface area contributed by atoms with Gasteiger partial charge in [0.25, 0.3) is 5.91 Å². The van der Waals surface area contributed by atoms with E-state index in [1.807, 2.05) is 45.2 Å². The molecule has 0 aliphatic heterocycles. The van der Waals surface area contributed by atoms with E-state index in [9.17, 15) is 9.59 Å². The van der Waals surface area contributed by atoms with Crippen molar-refractivity contribution in [3.8, 4) is 0 Å². The minimum atomic E-state index is -0.129. The molecule has 2 atom stereocenters. The number of benzene rings is 1. The first-order valence-electron chi connectivity index (χ1n) is 10.5. The lowest BCUT2D eigenvalue weighted by Crippen LogP contribution is -2.46. The molecule has 1 aromatic carbocycles. The van der Waals surface area contributed by atoms with Crippen molar-refractivity contribution in [1.29, 1.82) is 0 Å². The van der Waals surface area contributed by atoms with Gasteiger partial charge in [0.1, 0.15) is 12.4 Å². The molecule has 160 valence electrons. The monoisotopic (exact) mass is 426 g/mol. The molecule has 0 aliphatic rings. The molecule has 2 amide bonds. The van der Waals surface area contributed by atoms with Gasteiger partial charge in [-0.3, -0.25) is 9.59 Å². The molecule has 6 nitrogen and oxygen atoms in total. The average Bonchev–Trinajstić information content (AvgIpc) is 3.40. The first kappa shape index (κ1) is 22.0. The average molecular weight is 427 g/mol. The lowest BCUT2D eigenvalue weighted by Gasteiger charge is -2.34. The normalized spacial score (nSPS) is 13.2. The van der Waals surface area contributed by atoms with Crippen LogP contribution in [-0.4, -0.2) is 38.3 Å². The highest BCUT2D eigenvalue weighted by Gasteiger charge is 2.25. The molecule has 0 aliphatic carbocycles. The third kappa shape index (κ3) is 4.73. The Labute approximate surface area is 181 Å². The van der Waals surface area contributed by atoms with Crippen molar-refractivity contribution in [3.05, 3.63) is 52.5 Å². The van der Waals surface area contributed by atoms with Gasteiger partial charge in [-0.25, -0.2) is 4.98 Å². The van der Waals surface area contributed by atoms with Crippen LogP contribution in [0, 0.1) is 0 Å². The van der Waals surface area contributed by atoms with Crippen LogP contribution in [0.2, 0.25) is 0 Å². The molecule has 3 rings (SSSR count). The van der Waals surface area contributed by atoms with E-state index >= 15 is 0 Å². The lowest BCUT2D eigenvalue weighted by atomic mass is 10.1. The molecule has 0 saturated heterocycles. The zero-order valence-corrected chi connectivity index (χ0v) is 18.9. The molecular weight excluding hydrogens is 396 g/mol. The maximum atomic E-state index is 13.3. The van der Waals surface area contributed by atoms with Gasteiger partial charge in [0.05, 0.1) is 22.5 Å². The van der Waals surface area contributed by atoms with E-state index < -0.39 is 0 Å². The predicted octanol–water partition coefficient (Wildman–Crippen LogP) is 4.45. The zero-order valence-electron chi connectivity index (χ0n) is 18.1. The standard InChI is InChI=1S/C23H30N4O2S/c1-5-16(3)27(17(4)6-2)22(28)15-26-19-11-8-7-10-18(19)25-21(26)14-24-23(29)20-12-9-13-30-20/h7-13,16-17H,5-6,14-15H2,1-4H3,(H,24,29). The molecule has 1 N–H and O–H groups in total. The first-order valence-corrected chi connectivity index (χ1v) is 11.4. The van der Waals surface area contributed by atoms with E-state index in [1.165, 1.54) is 11.3 Å².